The van der Waals surface area contributed by atoms with Gasteiger partial charge < -0.3 is 15.0 Å². The molecule has 1 aliphatic rings. The number of aromatic amines is 1. The second-order valence-corrected chi connectivity index (χ2v) is 7.30. The fourth-order valence-corrected chi connectivity index (χ4v) is 4.03. The van der Waals surface area contributed by atoms with Gasteiger partial charge in [0.1, 0.15) is 11.4 Å². The number of halogens is 1. The summed E-state index contributed by atoms with van der Waals surface area (Å²) in [5.41, 5.74) is 5.08. The average Bonchev–Trinajstić information content (AvgIpc) is 3.31. The van der Waals surface area contributed by atoms with E-state index in [2.05, 4.69) is 20.6 Å². The third-order valence-electron chi connectivity index (χ3n) is 5.58. The summed E-state index contributed by atoms with van der Waals surface area (Å²) in [6.07, 6.45) is 0. The van der Waals surface area contributed by atoms with Gasteiger partial charge in [0, 0.05) is 43.5 Å². The van der Waals surface area contributed by atoms with Crippen LogP contribution in [0.15, 0.2) is 30.3 Å². The Morgan fingerprint density at radius 2 is 2.03 bits per heavy atom. The summed E-state index contributed by atoms with van der Waals surface area (Å²) in [6, 6.07) is 9.55. The minimum atomic E-state index is -0.110. The molecule has 0 radical (unpaired) electrons. The summed E-state index contributed by atoms with van der Waals surface area (Å²) in [4.78, 5) is 15.3. The number of hydrogen-bond acceptors (Lipinski definition) is 5. The van der Waals surface area contributed by atoms with E-state index in [1.165, 1.54) is 0 Å². The number of amides is 1. The molecule has 1 fully saturated rings. The summed E-state index contributed by atoms with van der Waals surface area (Å²) in [5.74, 6) is 0.714. The van der Waals surface area contributed by atoms with Crippen LogP contribution in [0, 0.1) is 13.8 Å². The number of aryl methyl sites for hydroxylation is 2. The lowest BCUT2D eigenvalue weighted by molar-refractivity contribution is 0.0625. The lowest BCUT2D eigenvalue weighted by Crippen LogP contribution is -2.48. The molecule has 2 N–H and O–H groups in total. The molecule has 2 aromatic heterocycles. The highest BCUT2D eigenvalue weighted by Crippen LogP contribution is 2.32. The SMILES string of the molecule is COc1ccccc1C1CNCCN1C(=O)c1cc(-c2c(C)nn(C)c2C)n[nH]1.Cl. The smallest absolute Gasteiger partial charge is 0.272 e. The summed E-state index contributed by atoms with van der Waals surface area (Å²) < 4.78 is 7.36. The maximum absolute atomic E-state index is 13.4. The molecular formula is C21H27ClN6O2. The summed E-state index contributed by atoms with van der Waals surface area (Å²) in [7, 11) is 3.56. The van der Waals surface area contributed by atoms with Crippen LogP contribution in [0.4, 0.5) is 0 Å². The molecule has 30 heavy (non-hydrogen) atoms. The Bertz CT molecular complexity index is 1040. The highest BCUT2D eigenvalue weighted by atomic mass is 35.5. The molecule has 1 amide bonds. The molecule has 3 heterocycles. The Morgan fingerprint density at radius 3 is 2.73 bits per heavy atom. The monoisotopic (exact) mass is 430 g/mol. The van der Waals surface area contributed by atoms with Gasteiger partial charge in [-0.25, -0.2) is 0 Å². The summed E-state index contributed by atoms with van der Waals surface area (Å²) >= 11 is 0. The molecule has 1 saturated heterocycles. The van der Waals surface area contributed by atoms with Gasteiger partial charge in [-0.3, -0.25) is 14.6 Å². The van der Waals surface area contributed by atoms with Gasteiger partial charge >= 0.3 is 0 Å². The lowest BCUT2D eigenvalue weighted by atomic mass is 10.0. The quantitative estimate of drug-likeness (QED) is 0.664. The summed E-state index contributed by atoms with van der Waals surface area (Å²) in [5, 5.41) is 15.2. The van der Waals surface area contributed by atoms with Crippen molar-refractivity contribution < 1.29 is 9.53 Å². The predicted octanol–water partition coefficient (Wildman–Crippen LogP) is 2.64. The van der Waals surface area contributed by atoms with Crippen LogP contribution in [0.2, 0.25) is 0 Å². The van der Waals surface area contributed by atoms with Gasteiger partial charge in [-0.1, -0.05) is 18.2 Å². The van der Waals surface area contributed by atoms with E-state index >= 15 is 0 Å². The number of rotatable bonds is 4. The second kappa shape index (κ2) is 8.89. The van der Waals surface area contributed by atoms with Crippen LogP contribution in [-0.4, -0.2) is 57.5 Å². The largest absolute Gasteiger partial charge is 0.496 e. The number of aromatic nitrogens is 4. The highest BCUT2D eigenvalue weighted by Gasteiger charge is 2.31. The molecular weight excluding hydrogens is 404 g/mol. The van der Waals surface area contributed by atoms with E-state index in [-0.39, 0.29) is 24.4 Å². The van der Waals surface area contributed by atoms with E-state index in [9.17, 15) is 4.79 Å². The van der Waals surface area contributed by atoms with Crippen molar-refractivity contribution in [1.82, 2.24) is 30.2 Å². The Morgan fingerprint density at radius 1 is 1.27 bits per heavy atom. The van der Waals surface area contributed by atoms with Crippen molar-refractivity contribution in [3.05, 3.63) is 53.0 Å². The third kappa shape index (κ3) is 3.80. The van der Waals surface area contributed by atoms with Crippen LogP contribution in [-0.2, 0) is 7.05 Å². The fraction of sp³-hybridized carbons (Fsp3) is 0.381. The van der Waals surface area contributed by atoms with Crippen molar-refractivity contribution in [3.8, 4) is 17.0 Å². The van der Waals surface area contributed by atoms with E-state index in [4.69, 9.17) is 4.74 Å². The topological polar surface area (TPSA) is 88.1 Å². The number of nitrogens with zero attached hydrogens (tertiary/aromatic N) is 4. The van der Waals surface area contributed by atoms with E-state index in [1.54, 1.807) is 7.11 Å². The molecule has 1 aliphatic heterocycles. The van der Waals surface area contributed by atoms with Gasteiger partial charge in [0.15, 0.2) is 0 Å². The number of H-pyrrole nitrogens is 1. The summed E-state index contributed by atoms with van der Waals surface area (Å²) in [6.45, 7) is 5.99. The van der Waals surface area contributed by atoms with Crippen LogP contribution in [0.25, 0.3) is 11.3 Å². The molecule has 0 spiro atoms. The Hall–Kier alpha value is -2.84. The number of para-hydroxylation sites is 1. The van der Waals surface area contributed by atoms with Crippen molar-refractivity contribution in [2.24, 2.45) is 7.05 Å². The van der Waals surface area contributed by atoms with Gasteiger partial charge in [-0.15, -0.1) is 12.4 Å². The molecule has 3 aromatic rings. The molecule has 0 aliphatic carbocycles. The Labute approximate surface area is 182 Å². The fourth-order valence-electron chi connectivity index (χ4n) is 4.03. The molecule has 0 saturated carbocycles. The van der Waals surface area contributed by atoms with Crippen LogP contribution in [0.3, 0.4) is 0 Å². The molecule has 9 heteroatoms. The first-order chi connectivity index (χ1) is 14.0. The Kier molecular flexibility index (Phi) is 6.48. The van der Waals surface area contributed by atoms with Crippen LogP contribution < -0.4 is 10.1 Å². The van der Waals surface area contributed by atoms with Crippen molar-refractivity contribution >= 4 is 18.3 Å². The number of nitrogens with one attached hydrogen (secondary N) is 2. The number of piperazine rings is 1. The minimum Gasteiger partial charge on any atom is -0.496 e. The molecule has 160 valence electrons. The minimum absolute atomic E-state index is 0. The number of hydrogen-bond donors (Lipinski definition) is 2. The van der Waals surface area contributed by atoms with Crippen molar-refractivity contribution in [2.75, 3.05) is 26.7 Å². The first-order valence-electron chi connectivity index (χ1n) is 9.71. The predicted molar refractivity (Wildman–Crippen MR) is 117 cm³/mol. The van der Waals surface area contributed by atoms with Crippen molar-refractivity contribution in [2.45, 2.75) is 19.9 Å². The number of ether oxygens (including phenoxy) is 1. The lowest BCUT2D eigenvalue weighted by Gasteiger charge is -2.36. The zero-order valence-electron chi connectivity index (χ0n) is 17.6. The molecule has 1 atom stereocenters. The van der Waals surface area contributed by atoms with Crippen molar-refractivity contribution in [1.29, 1.82) is 0 Å². The highest BCUT2D eigenvalue weighted by molar-refractivity contribution is 5.94. The van der Waals surface area contributed by atoms with E-state index in [1.807, 2.05) is 60.8 Å². The second-order valence-electron chi connectivity index (χ2n) is 7.30. The number of carbonyl (C=O) groups excluding carboxylic acids is 1. The van der Waals surface area contributed by atoms with Gasteiger partial charge in [-0.2, -0.15) is 10.2 Å². The van der Waals surface area contributed by atoms with E-state index < -0.39 is 0 Å². The first-order valence-corrected chi connectivity index (χ1v) is 9.71. The molecule has 1 unspecified atom stereocenters. The third-order valence-corrected chi connectivity index (χ3v) is 5.58. The normalized spacial score (nSPS) is 16.3. The number of methoxy groups -OCH3 is 1. The molecule has 1 aromatic carbocycles. The zero-order chi connectivity index (χ0) is 20.5. The number of carbonyl (C=O) groups is 1. The molecule has 0 bridgehead atoms. The average molecular weight is 431 g/mol. The first kappa shape index (κ1) is 21.9. The van der Waals surface area contributed by atoms with Gasteiger partial charge in [-0.05, 0) is 26.0 Å². The van der Waals surface area contributed by atoms with Crippen molar-refractivity contribution in [3.63, 3.8) is 0 Å². The number of benzene rings is 1. The maximum Gasteiger partial charge on any atom is 0.272 e. The van der Waals surface area contributed by atoms with Gasteiger partial charge in [0.05, 0.1) is 24.5 Å². The van der Waals surface area contributed by atoms with Crippen LogP contribution in [0.5, 0.6) is 5.75 Å². The van der Waals surface area contributed by atoms with E-state index in [0.717, 1.165) is 40.5 Å². The van der Waals surface area contributed by atoms with Gasteiger partial charge in [0.25, 0.3) is 5.91 Å². The van der Waals surface area contributed by atoms with Crippen LogP contribution in [0.1, 0.15) is 33.5 Å². The van der Waals surface area contributed by atoms with Crippen LogP contribution >= 0.6 is 12.4 Å². The maximum atomic E-state index is 13.4. The standard InChI is InChI=1S/C21H26N6O2.ClH/c1-13-20(14(2)26(3)25-13)16-11-17(24-23-16)21(28)27-10-9-22-12-18(27)15-7-5-6-8-19(15)29-4;/h5-8,11,18,22H,9-10,12H2,1-4H3,(H,23,24);1H. The molecule has 8 nitrogen and oxygen atoms in total. The van der Waals surface area contributed by atoms with Gasteiger partial charge in [0.2, 0.25) is 0 Å². The zero-order valence-corrected chi connectivity index (χ0v) is 18.4. The molecule has 4 rings (SSSR count). The van der Waals surface area contributed by atoms with E-state index in [0.29, 0.717) is 18.8 Å². The Balaban J connectivity index is 0.00000256.